The molecule has 2 saturated heterocycles. The molecule has 1 aromatic carbocycles. The van der Waals surface area contributed by atoms with Crippen molar-refractivity contribution in [2.24, 2.45) is 5.41 Å². The maximum atomic E-state index is 13.0. The quantitative estimate of drug-likeness (QED) is 0.914. The van der Waals surface area contributed by atoms with E-state index in [0.717, 1.165) is 37.2 Å². The molecule has 5 nitrogen and oxygen atoms in total. The molecule has 3 heterocycles. The van der Waals surface area contributed by atoms with Gasteiger partial charge in [0.15, 0.2) is 5.69 Å². The molecule has 1 amide bonds. The molecule has 0 aliphatic carbocycles. The molecule has 0 radical (unpaired) electrons. The predicted molar refractivity (Wildman–Crippen MR) is 93.3 cm³/mol. The lowest BCUT2D eigenvalue weighted by Gasteiger charge is -2.59. The summed E-state index contributed by atoms with van der Waals surface area (Å²) in [6.45, 7) is 4.00. The van der Waals surface area contributed by atoms with Crippen molar-refractivity contribution in [1.82, 2.24) is 9.88 Å². The summed E-state index contributed by atoms with van der Waals surface area (Å²) in [5.74, 6) is -0.256. The number of aromatic nitrogens is 1. The van der Waals surface area contributed by atoms with Gasteiger partial charge in [-0.15, -0.1) is 0 Å². The molecule has 5 heteroatoms. The molecule has 2 aliphatic rings. The van der Waals surface area contributed by atoms with Crippen LogP contribution in [0.2, 0.25) is 0 Å². The van der Waals surface area contributed by atoms with Crippen LogP contribution in [0, 0.1) is 12.3 Å². The van der Waals surface area contributed by atoms with Crippen molar-refractivity contribution in [2.45, 2.75) is 25.8 Å². The minimum atomic E-state index is -0.205. The number of carbonyl (C=O) groups excluding carboxylic acids is 1. The highest BCUT2D eigenvalue weighted by Gasteiger charge is 2.55. The number of nitrogens with zero attached hydrogens (tertiary/aromatic N) is 2. The number of aryl methyl sites for hydroxylation is 1. The Morgan fingerprint density at radius 2 is 2.00 bits per heavy atom. The highest BCUT2D eigenvalue weighted by atomic mass is 16.5. The summed E-state index contributed by atoms with van der Waals surface area (Å²) >= 11 is 0. The van der Waals surface area contributed by atoms with E-state index in [0.29, 0.717) is 6.54 Å². The third kappa shape index (κ3) is 2.68. The fourth-order valence-electron chi connectivity index (χ4n) is 4.16. The average molecular weight is 338 g/mol. The minimum absolute atomic E-state index is 0.00704. The van der Waals surface area contributed by atoms with E-state index >= 15 is 0 Å². The molecule has 1 N–H and O–H groups in total. The molecule has 0 bridgehead atoms. The van der Waals surface area contributed by atoms with Gasteiger partial charge < -0.3 is 14.7 Å². The highest BCUT2D eigenvalue weighted by Crippen LogP contribution is 2.55. The summed E-state index contributed by atoms with van der Waals surface area (Å²) in [6.07, 6.45) is 3.52. The van der Waals surface area contributed by atoms with Crippen LogP contribution in [0.3, 0.4) is 0 Å². The van der Waals surface area contributed by atoms with Crippen molar-refractivity contribution in [3.8, 4) is 5.75 Å². The molecular formula is C20H22N2O3. The summed E-state index contributed by atoms with van der Waals surface area (Å²) in [5, 5.41) is 10.2. The van der Waals surface area contributed by atoms with Crippen LogP contribution in [0.1, 0.15) is 40.5 Å². The van der Waals surface area contributed by atoms with Crippen LogP contribution in [0.25, 0.3) is 0 Å². The lowest BCUT2D eigenvalue weighted by molar-refractivity contribution is -0.115. The molecule has 2 aromatic rings. The van der Waals surface area contributed by atoms with Crippen LogP contribution in [-0.2, 0) is 4.74 Å². The van der Waals surface area contributed by atoms with Crippen molar-refractivity contribution in [2.75, 3.05) is 19.8 Å². The number of rotatable bonds is 2. The van der Waals surface area contributed by atoms with E-state index in [2.05, 4.69) is 17.1 Å². The van der Waals surface area contributed by atoms with Crippen LogP contribution in [0.15, 0.2) is 42.6 Å². The molecule has 2 fully saturated rings. The van der Waals surface area contributed by atoms with Crippen LogP contribution >= 0.6 is 0 Å². The van der Waals surface area contributed by atoms with E-state index in [1.165, 1.54) is 0 Å². The van der Waals surface area contributed by atoms with Crippen LogP contribution in [0.4, 0.5) is 0 Å². The number of pyridine rings is 1. The fourth-order valence-corrected chi connectivity index (χ4v) is 4.16. The summed E-state index contributed by atoms with van der Waals surface area (Å²) < 4.78 is 5.54. The number of likely N-dealkylation sites (tertiary alicyclic amines) is 1. The number of hydrogen-bond acceptors (Lipinski definition) is 4. The van der Waals surface area contributed by atoms with Crippen molar-refractivity contribution in [3.63, 3.8) is 0 Å². The second-order valence-corrected chi connectivity index (χ2v) is 7.10. The largest absolute Gasteiger partial charge is 0.505 e. The topological polar surface area (TPSA) is 62.7 Å². The first-order chi connectivity index (χ1) is 12.1. The monoisotopic (exact) mass is 338 g/mol. The van der Waals surface area contributed by atoms with Crippen molar-refractivity contribution >= 4 is 5.91 Å². The normalized spacial score (nSPS) is 21.8. The zero-order valence-corrected chi connectivity index (χ0v) is 14.3. The molecule has 4 rings (SSSR count). The van der Waals surface area contributed by atoms with Gasteiger partial charge in [0, 0.05) is 31.4 Å². The summed E-state index contributed by atoms with van der Waals surface area (Å²) in [4.78, 5) is 19.1. The standard InChI is InChI=1S/C20H22N2O3/c1-14-11-16(23)17(21-12-14)19(24)22-13-20(7-9-25-10-8-20)18(22)15-5-3-2-4-6-15/h2-6,11-12,18,23H,7-10,13H2,1H3/t18-/m1/s1. The second kappa shape index (κ2) is 6.15. The van der Waals surface area contributed by atoms with Crippen LogP contribution < -0.4 is 0 Å². The fraction of sp³-hybridized carbons (Fsp3) is 0.400. The Balaban J connectivity index is 1.68. The van der Waals surface area contributed by atoms with Gasteiger partial charge in [0.25, 0.3) is 5.91 Å². The SMILES string of the molecule is Cc1cnc(C(=O)N2CC3(CCOCC3)[C@H]2c2ccccc2)c(O)c1. The molecular weight excluding hydrogens is 316 g/mol. The first-order valence-corrected chi connectivity index (χ1v) is 8.70. The lowest BCUT2D eigenvalue weighted by atomic mass is 9.64. The summed E-state index contributed by atoms with van der Waals surface area (Å²) in [6, 6.07) is 11.7. The van der Waals surface area contributed by atoms with Gasteiger partial charge in [0.1, 0.15) is 5.75 Å². The zero-order chi connectivity index (χ0) is 17.4. The zero-order valence-electron chi connectivity index (χ0n) is 14.3. The molecule has 1 atom stereocenters. The molecule has 0 unspecified atom stereocenters. The third-order valence-electron chi connectivity index (χ3n) is 5.45. The Labute approximate surface area is 147 Å². The Morgan fingerprint density at radius 3 is 2.68 bits per heavy atom. The van der Waals surface area contributed by atoms with E-state index < -0.39 is 0 Å². The van der Waals surface area contributed by atoms with Gasteiger partial charge in [-0.05, 0) is 37.0 Å². The Hall–Kier alpha value is -2.40. The minimum Gasteiger partial charge on any atom is -0.505 e. The van der Waals surface area contributed by atoms with Gasteiger partial charge in [0.2, 0.25) is 0 Å². The molecule has 1 spiro atoms. The van der Waals surface area contributed by atoms with Gasteiger partial charge in [-0.2, -0.15) is 0 Å². The first kappa shape index (κ1) is 16.1. The van der Waals surface area contributed by atoms with E-state index in [9.17, 15) is 9.90 Å². The number of ether oxygens (including phenoxy) is 1. The smallest absolute Gasteiger partial charge is 0.276 e. The van der Waals surface area contributed by atoms with Gasteiger partial charge in [-0.1, -0.05) is 30.3 Å². The summed E-state index contributed by atoms with van der Waals surface area (Å²) in [5.41, 5.74) is 2.16. The first-order valence-electron chi connectivity index (χ1n) is 8.70. The molecule has 2 aliphatic heterocycles. The Kier molecular flexibility index (Phi) is 3.96. The number of aromatic hydroxyl groups is 1. The maximum Gasteiger partial charge on any atom is 0.276 e. The second-order valence-electron chi connectivity index (χ2n) is 7.10. The van der Waals surface area contributed by atoms with E-state index in [1.54, 1.807) is 12.3 Å². The van der Waals surface area contributed by atoms with Gasteiger partial charge in [-0.25, -0.2) is 4.98 Å². The number of amides is 1. The average Bonchev–Trinajstić information content (AvgIpc) is 2.61. The molecule has 1 aromatic heterocycles. The maximum absolute atomic E-state index is 13.0. The molecule has 0 saturated carbocycles. The van der Waals surface area contributed by atoms with E-state index in [-0.39, 0.29) is 28.8 Å². The van der Waals surface area contributed by atoms with Gasteiger partial charge >= 0.3 is 0 Å². The number of carbonyl (C=O) groups is 1. The van der Waals surface area contributed by atoms with Crippen molar-refractivity contribution < 1.29 is 14.6 Å². The number of benzene rings is 1. The van der Waals surface area contributed by atoms with Crippen molar-refractivity contribution in [3.05, 3.63) is 59.4 Å². The van der Waals surface area contributed by atoms with Gasteiger partial charge in [0.05, 0.1) is 6.04 Å². The third-order valence-corrected chi connectivity index (χ3v) is 5.45. The Bertz CT molecular complexity index is 785. The molecule has 25 heavy (non-hydrogen) atoms. The lowest BCUT2D eigenvalue weighted by Crippen LogP contribution is -2.62. The molecule has 130 valence electrons. The summed E-state index contributed by atoms with van der Waals surface area (Å²) in [7, 11) is 0. The predicted octanol–water partition coefficient (Wildman–Crippen LogP) is 3.09. The number of hydrogen-bond donors (Lipinski definition) is 1. The van der Waals surface area contributed by atoms with E-state index in [1.807, 2.05) is 30.0 Å². The highest BCUT2D eigenvalue weighted by molar-refractivity contribution is 5.96. The van der Waals surface area contributed by atoms with Crippen LogP contribution in [0.5, 0.6) is 5.75 Å². The van der Waals surface area contributed by atoms with Gasteiger partial charge in [-0.3, -0.25) is 4.79 Å². The van der Waals surface area contributed by atoms with E-state index in [4.69, 9.17) is 4.74 Å². The Morgan fingerprint density at radius 1 is 1.28 bits per heavy atom. The van der Waals surface area contributed by atoms with Crippen LogP contribution in [-0.4, -0.2) is 40.7 Å². The van der Waals surface area contributed by atoms with Crippen molar-refractivity contribution in [1.29, 1.82) is 0 Å².